The van der Waals surface area contributed by atoms with Gasteiger partial charge in [0.15, 0.2) is 12.0 Å². The highest BCUT2D eigenvalue weighted by Gasteiger charge is 2.15. The second-order valence-corrected chi connectivity index (χ2v) is 6.06. The summed E-state index contributed by atoms with van der Waals surface area (Å²) in [6.07, 6.45) is 0. The van der Waals surface area contributed by atoms with Crippen LogP contribution in [0.15, 0.2) is 63.8 Å². The third-order valence-electron chi connectivity index (χ3n) is 3.85. The van der Waals surface area contributed by atoms with Crippen molar-refractivity contribution in [3.05, 3.63) is 76.1 Å². The Morgan fingerprint density at radius 3 is 2.64 bits per heavy atom. The zero-order chi connectivity index (χ0) is 19.9. The van der Waals surface area contributed by atoms with Crippen molar-refractivity contribution < 1.29 is 23.5 Å². The first-order chi connectivity index (χ1) is 13.5. The van der Waals surface area contributed by atoms with Gasteiger partial charge < -0.3 is 19.2 Å². The molecule has 1 aromatic heterocycles. The molecular weight excluding hydrogens is 362 g/mol. The number of ether oxygens (including phenoxy) is 2. The first-order valence-corrected chi connectivity index (χ1v) is 8.69. The lowest BCUT2D eigenvalue weighted by Crippen LogP contribution is -2.32. The molecule has 0 aliphatic heterocycles. The van der Waals surface area contributed by atoms with Crippen LogP contribution in [0.25, 0.3) is 11.0 Å². The second kappa shape index (κ2) is 8.85. The molecule has 0 saturated heterocycles. The van der Waals surface area contributed by atoms with Crippen molar-refractivity contribution >= 4 is 22.8 Å². The molecule has 0 radical (unpaired) electrons. The van der Waals surface area contributed by atoms with Crippen LogP contribution in [0.1, 0.15) is 16.1 Å². The van der Waals surface area contributed by atoms with E-state index in [1.165, 1.54) is 0 Å². The van der Waals surface area contributed by atoms with Gasteiger partial charge in [-0.1, -0.05) is 29.8 Å². The van der Waals surface area contributed by atoms with E-state index in [-0.39, 0.29) is 29.9 Å². The van der Waals surface area contributed by atoms with Crippen LogP contribution in [0, 0.1) is 6.92 Å². The molecule has 1 N–H and O–H groups in total. The van der Waals surface area contributed by atoms with Crippen molar-refractivity contribution in [2.24, 2.45) is 0 Å². The molecule has 28 heavy (non-hydrogen) atoms. The van der Waals surface area contributed by atoms with Crippen LogP contribution in [-0.4, -0.2) is 31.6 Å². The first kappa shape index (κ1) is 19.2. The molecule has 0 bridgehead atoms. The molecule has 0 aliphatic carbocycles. The third-order valence-corrected chi connectivity index (χ3v) is 3.85. The van der Waals surface area contributed by atoms with Crippen molar-refractivity contribution in [2.45, 2.75) is 6.92 Å². The molecule has 0 unspecified atom stereocenters. The van der Waals surface area contributed by atoms with E-state index >= 15 is 0 Å². The zero-order valence-corrected chi connectivity index (χ0v) is 15.3. The van der Waals surface area contributed by atoms with Gasteiger partial charge in [-0.3, -0.25) is 9.59 Å². The Labute approximate surface area is 160 Å². The Hall–Kier alpha value is -3.61. The van der Waals surface area contributed by atoms with Crippen molar-refractivity contribution in [3.8, 4) is 5.75 Å². The number of para-hydroxylation sites is 1. The minimum atomic E-state index is -0.879. The molecule has 144 valence electrons. The van der Waals surface area contributed by atoms with Crippen molar-refractivity contribution in [1.82, 2.24) is 5.32 Å². The van der Waals surface area contributed by atoms with Crippen molar-refractivity contribution in [1.29, 1.82) is 0 Å². The van der Waals surface area contributed by atoms with E-state index in [2.05, 4.69) is 5.32 Å². The number of hydrogen-bond acceptors (Lipinski definition) is 6. The smallest absolute Gasteiger partial charge is 0.374 e. The molecule has 0 atom stereocenters. The number of nitrogens with one attached hydrogen (secondary N) is 1. The zero-order valence-electron chi connectivity index (χ0n) is 15.3. The van der Waals surface area contributed by atoms with Crippen LogP contribution >= 0.6 is 0 Å². The number of hydrogen-bond donors (Lipinski definition) is 1. The fraction of sp³-hybridized carbons (Fsp3) is 0.190. The van der Waals surface area contributed by atoms with Gasteiger partial charge in [-0.25, -0.2) is 4.79 Å². The van der Waals surface area contributed by atoms with Crippen LogP contribution < -0.4 is 15.5 Å². The standard InChI is InChI=1S/C21H19NO6/c1-14-7-8-18-16(11-14)17(23)12-19(28-18)21(25)27-13-20(24)22-9-10-26-15-5-3-2-4-6-15/h2-8,11-12H,9-10,13H2,1H3,(H,22,24). The number of aryl methyl sites for hydroxylation is 1. The summed E-state index contributed by atoms with van der Waals surface area (Å²) in [5, 5.41) is 2.96. The van der Waals surface area contributed by atoms with E-state index in [1.54, 1.807) is 18.2 Å². The van der Waals surface area contributed by atoms with E-state index in [0.29, 0.717) is 11.1 Å². The topological polar surface area (TPSA) is 94.8 Å². The van der Waals surface area contributed by atoms with Gasteiger partial charge in [0.25, 0.3) is 5.91 Å². The monoisotopic (exact) mass is 381 g/mol. The molecular formula is C21H19NO6. The highest BCUT2D eigenvalue weighted by Crippen LogP contribution is 2.14. The number of esters is 1. The van der Waals surface area contributed by atoms with Gasteiger partial charge in [0, 0.05) is 6.07 Å². The molecule has 7 heteroatoms. The molecule has 1 amide bonds. The SMILES string of the molecule is Cc1ccc2oc(C(=O)OCC(=O)NCCOc3ccccc3)cc(=O)c2c1. The second-order valence-electron chi connectivity index (χ2n) is 6.06. The van der Waals surface area contributed by atoms with E-state index in [0.717, 1.165) is 11.6 Å². The predicted octanol–water partition coefficient (Wildman–Crippen LogP) is 2.45. The number of rotatable bonds is 7. The van der Waals surface area contributed by atoms with Crippen LogP contribution in [0.3, 0.4) is 0 Å². The van der Waals surface area contributed by atoms with Gasteiger partial charge in [-0.15, -0.1) is 0 Å². The summed E-state index contributed by atoms with van der Waals surface area (Å²) in [6, 6.07) is 15.3. The Bertz CT molecular complexity index is 1040. The predicted molar refractivity (Wildman–Crippen MR) is 102 cm³/mol. The average Bonchev–Trinajstić information content (AvgIpc) is 2.70. The molecule has 0 fully saturated rings. The first-order valence-electron chi connectivity index (χ1n) is 8.69. The molecule has 1 heterocycles. The molecule has 3 aromatic rings. The van der Waals surface area contributed by atoms with Gasteiger partial charge in [0.05, 0.1) is 11.9 Å². The van der Waals surface area contributed by atoms with E-state index in [1.807, 2.05) is 37.3 Å². The van der Waals surface area contributed by atoms with Crippen LogP contribution in [0.4, 0.5) is 0 Å². The van der Waals surface area contributed by atoms with Gasteiger partial charge >= 0.3 is 5.97 Å². The van der Waals surface area contributed by atoms with Gasteiger partial charge in [0.2, 0.25) is 5.76 Å². The Morgan fingerprint density at radius 1 is 1.07 bits per heavy atom. The van der Waals surface area contributed by atoms with Crippen molar-refractivity contribution in [3.63, 3.8) is 0 Å². The minimum Gasteiger partial charge on any atom is -0.492 e. The number of benzene rings is 2. The molecule has 0 spiro atoms. The normalized spacial score (nSPS) is 10.5. The number of carbonyl (C=O) groups excluding carboxylic acids is 2. The fourth-order valence-corrected chi connectivity index (χ4v) is 2.50. The largest absolute Gasteiger partial charge is 0.492 e. The lowest BCUT2D eigenvalue weighted by atomic mass is 10.1. The summed E-state index contributed by atoms with van der Waals surface area (Å²) in [4.78, 5) is 36.0. The Morgan fingerprint density at radius 2 is 1.86 bits per heavy atom. The minimum absolute atomic E-state index is 0.249. The summed E-state index contributed by atoms with van der Waals surface area (Å²) in [5.74, 6) is -0.912. The highest BCUT2D eigenvalue weighted by atomic mass is 16.5. The maximum atomic E-state index is 12.1. The number of fused-ring (bicyclic) bond motifs is 1. The van der Waals surface area contributed by atoms with E-state index in [4.69, 9.17) is 13.9 Å². The lowest BCUT2D eigenvalue weighted by molar-refractivity contribution is -0.124. The molecule has 3 rings (SSSR count). The summed E-state index contributed by atoms with van der Waals surface area (Å²) < 4.78 is 15.8. The van der Waals surface area contributed by atoms with Gasteiger partial charge in [-0.05, 0) is 31.2 Å². The maximum Gasteiger partial charge on any atom is 0.374 e. The summed E-state index contributed by atoms with van der Waals surface area (Å²) in [7, 11) is 0. The molecule has 2 aromatic carbocycles. The summed E-state index contributed by atoms with van der Waals surface area (Å²) in [5.41, 5.74) is 0.843. The Kier molecular flexibility index (Phi) is 6.06. The van der Waals surface area contributed by atoms with Gasteiger partial charge in [0.1, 0.15) is 17.9 Å². The average molecular weight is 381 g/mol. The van der Waals surface area contributed by atoms with E-state index in [9.17, 15) is 14.4 Å². The maximum absolute atomic E-state index is 12.1. The van der Waals surface area contributed by atoms with Crippen molar-refractivity contribution in [2.75, 3.05) is 19.8 Å². The van der Waals surface area contributed by atoms with E-state index < -0.39 is 18.5 Å². The lowest BCUT2D eigenvalue weighted by Gasteiger charge is -2.08. The summed E-state index contributed by atoms with van der Waals surface area (Å²) >= 11 is 0. The Balaban J connectivity index is 1.48. The van der Waals surface area contributed by atoms with Gasteiger partial charge in [-0.2, -0.15) is 0 Å². The molecule has 0 aliphatic rings. The molecule has 7 nitrogen and oxygen atoms in total. The van der Waals surface area contributed by atoms with Crippen LogP contribution in [0.2, 0.25) is 0 Å². The summed E-state index contributed by atoms with van der Waals surface area (Å²) in [6.45, 7) is 1.91. The third kappa shape index (κ3) is 4.97. The number of amides is 1. The highest BCUT2D eigenvalue weighted by molar-refractivity contribution is 5.90. The number of carbonyl (C=O) groups is 2. The fourth-order valence-electron chi connectivity index (χ4n) is 2.50. The van der Waals surface area contributed by atoms with Crippen LogP contribution in [0.5, 0.6) is 5.75 Å². The quantitative estimate of drug-likeness (QED) is 0.499. The molecule has 0 saturated carbocycles. The van der Waals surface area contributed by atoms with Crippen LogP contribution in [-0.2, 0) is 9.53 Å².